The lowest BCUT2D eigenvalue weighted by Crippen LogP contribution is -2.33. The molecule has 6 nitrogen and oxygen atoms in total. The van der Waals surface area contributed by atoms with E-state index in [1.807, 2.05) is 49.5 Å². The average molecular weight is 502 g/mol. The number of para-hydroxylation sites is 1. The molecule has 0 bridgehead atoms. The lowest BCUT2D eigenvalue weighted by Gasteiger charge is -2.28. The first-order chi connectivity index (χ1) is 17.4. The van der Waals surface area contributed by atoms with Crippen molar-refractivity contribution in [1.82, 2.24) is 19.8 Å². The molecule has 3 aromatic rings. The second-order valence-corrected chi connectivity index (χ2v) is 10.5. The number of hydrogen-bond acceptors (Lipinski definition) is 3. The summed E-state index contributed by atoms with van der Waals surface area (Å²) in [5, 5.41) is 7.26. The molecule has 0 spiro atoms. The van der Waals surface area contributed by atoms with Gasteiger partial charge in [0.1, 0.15) is 0 Å². The van der Waals surface area contributed by atoms with E-state index >= 15 is 0 Å². The molecular weight excluding hydrogens is 466 g/mol. The molecule has 3 heterocycles. The zero-order chi connectivity index (χ0) is 25.2. The zero-order valence-electron chi connectivity index (χ0n) is 21.3. The van der Waals surface area contributed by atoms with Crippen LogP contribution in [0, 0.1) is 20.8 Å². The molecule has 5 rings (SSSR count). The summed E-state index contributed by atoms with van der Waals surface area (Å²) in [4.78, 5) is 19.8. The van der Waals surface area contributed by atoms with Crippen molar-refractivity contribution in [3.05, 3.63) is 82.9 Å². The van der Waals surface area contributed by atoms with Crippen molar-refractivity contribution in [2.45, 2.75) is 71.0 Å². The Labute approximate surface area is 219 Å². The number of thiocarbonyl (C=S) groups is 1. The van der Waals surface area contributed by atoms with Crippen molar-refractivity contribution in [1.29, 1.82) is 0 Å². The minimum atomic E-state index is -0.0735. The molecule has 2 N–H and O–H groups in total. The molecule has 0 unspecified atom stereocenters. The Morgan fingerprint density at radius 1 is 1.11 bits per heavy atom. The number of benzene rings is 1. The fourth-order valence-corrected chi connectivity index (χ4v) is 6.29. The number of carbonyl (C=O) groups excluding carboxylic acids is 1. The zero-order valence-corrected chi connectivity index (χ0v) is 22.1. The van der Waals surface area contributed by atoms with E-state index in [-0.39, 0.29) is 18.0 Å². The largest absolute Gasteiger partial charge is 0.352 e. The van der Waals surface area contributed by atoms with Crippen LogP contribution in [0.1, 0.15) is 78.4 Å². The molecule has 2 aliphatic rings. The number of carbonyl (C=O) groups is 1. The predicted molar refractivity (Wildman–Crippen MR) is 148 cm³/mol. The standard InChI is InChI=1S/C29H35N5OS/c1-19-10-4-7-13-24(19)31-26(35)15-17-33-28(27(32-29(33)36)25-14-8-9-16-30-25)23-18-20(2)34(21(23)3)22-11-5-6-12-22/h4,7-10,13-14,16,18,22,27-28H,5-6,11-12,15,17H2,1-3H3,(H,31,35)(H,32,36)/t27-,28-/m1/s1. The van der Waals surface area contributed by atoms with E-state index in [0.29, 0.717) is 24.1 Å². The van der Waals surface area contributed by atoms with Gasteiger partial charge in [-0.05, 0) is 81.2 Å². The first-order valence-corrected chi connectivity index (χ1v) is 13.4. The smallest absolute Gasteiger partial charge is 0.226 e. The Hall–Kier alpha value is -3.19. The highest BCUT2D eigenvalue weighted by Crippen LogP contribution is 2.43. The number of aryl methyl sites for hydroxylation is 2. The topological polar surface area (TPSA) is 62.2 Å². The van der Waals surface area contributed by atoms with Crippen LogP contribution in [-0.4, -0.2) is 32.0 Å². The number of rotatable bonds is 7. The van der Waals surface area contributed by atoms with Crippen LogP contribution in [0.4, 0.5) is 5.69 Å². The number of anilines is 1. The third kappa shape index (κ3) is 4.76. The van der Waals surface area contributed by atoms with Crippen LogP contribution in [0.15, 0.2) is 54.7 Å². The molecule has 1 aromatic carbocycles. The minimum Gasteiger partial charge on any atom is -0.352 e. The first-order valence-electron chi connectivity index (χ1n) is 13.0. The molecular formula is C29H35N5OS. The summed E-state index contributed by atoms with van der Waals surface area (Å²) >= 11 is 5.84. The quantitative estimate of drug-likeness (QED) is 0.393. The van der Waals surface area contributed by atoms with Crippen molar-refractivity contribution < 1.29 is 4.79 Å². The maximum absolute atomic E-state index is 12.9. The van der Waals surface area contributed by atoms with Crippen LogP contribution in [0.5, 0.6) is 0 Å². The van der Waals surface area contributed by atoms with Crippen LogP contribution in [0.3, 0.4) is 0 Å². The van der Waals surface area contributed by atoms with E-state index in [4.69, 9.17) is 12.2 Å². The molecule has 1 amide bonds. The van der Waals surface area contributed by atoms with Gasteiger partial charge in [-0.3, -0.25) is 9.78 Å². The second-order valence-electron chi connectivity index (χ2n) is 10.1. The molecule has 2 aromatic heterocycles. The highest BCUT2D eigenvalue weighted by atomic mass is 32.1. The van der Waals surface area contributed by atoms with Gasteiger partial charge in [0.05, 0.1) is 17.8 Å². The average Bonchev–Trinajstić information content (AvgIpc) is 3.58. The molecule has 36 heavy (non-hydrogen) atoms. The monoisotopic (exact) mass is 501 g/mol. The molecule has 1 aliphatic carbocycles. The summed E-state index contributed by atoms with van der Waals surface area (Å²) in [5.41, 5.74) is 6.73. The number of amides is 1. The van der Waals surface area contributed by atoms with Gasteiger partial charge >= 0.3 is 0 Å². The molecule has 1 aliphatic heterocycles. The van der Waals surface area contributed by atoms with Gasteiger partial charge in [0, 0.05) is 42.3 Å². The number of pyridine rings is 1. The van der Waals surface area contributed by atoms with Gasteiger partial charge in [-0.15, -0.1) is 0 Å². The molecule has 188 valence electrons. The Balaban J connectivity index is 1.43. The predicted octanol–water partition coefficient (Wildman–Crippen LogP) is 5.92. The molecule has 2 atom stereocenters. The summed E-state index contributed by atoms with van der Waals surface area (Å²) in [5.74, 6) is -0.0106. The van der Waals surface area contributed by atoms with Gasteiger partial charge in [-0.2, -0.15) is 0 Å². The van der Waals surface area contributed by atoms with Gasteiger partial charge in [0.25, 0.3) is 0 Å². The number of hydrogen-bond donors (Lipinski definition) is 2. The maximum Gasteiger partial charge on any atom is 0.226 e. The third-order valence-electron chi connectivity index (χ3n) is 7.73. The third-order valence-corrected chi connectivity index (χ3v) is 8.08. The molecule has 1 saturated heterocycles. The Bertz CT molecular complexity index is 1250. The number of nitrogens with one attached hydrogen (secondary N) is 2. The highest BCUT2D eigenvalue weighted by molar-refractivity contribution is 7.80. The molecule has 1 saturated carbocycles. The van der Waals surface area contributed by atoms with E-state index in [0.717, 1.165) is 16.9 Å². The Morgan fingerprint density at radius 3 is 2.58 bits per heavy atom. The fraction of sp³-hybridized carbons (Fsp3) is 0.414. The lowest BCUT2D eigenvalue weighted by atomic mass is 9.96. The van der Waals surface area contributed by atoms with Gasteiger partial charge in [0.15, 0.2) is 5.11 Å². The van der Waals surface area contributed by atoms with E-state index in [9.17, 15) is 4.79 Å². The van der Waals surface area contributed by atoms with Crippen LogP contribution < -0.4 is 10.6 Å². The normalized spacial score (nSPS) is 20.1. The van der Waals surface area contributed by atoms with Gasteiger partial charge in [-0.25, -0.2) is 0 Å². The van der Waals surface area contributed by atoms with Gasteiger partial charge < -0.3 is 20.1 Å². The Kier molecular flexibility index (Phi) is 7.10. The van der Waals surface area contributed by atoms with E-state index in [1.165, 1.54) is 42.6 Å². The summed E-state index contributed by atoms with van der Waals surface area (Å²) in [6, 6.07) is 16.7. The van der Waals surface area contributed by atoms with Crippen molar-refractivity contribution in [2.24, 2.45) is 0 Å². The van der Waals surface area contributed by atoms with Crippen molar-refractivity contribution in [2.75, 3.05) is 11.9 Å². The van der Waals surface area contributed by atoms with E-state index < -0.39 is 0 Å². The summed E-state index contributed by atoms with van der Waals surface area (Å²) in [7, 11) is 0. The molecule has 7 heteroatoms. The SMILES string of the molecule is Cc1ccccc1NC(=O)CCN1C(=S)N[C@H](c2ccccn2)[C@H]1c1cc(C)n(C2CCCC2)c1C. The van der Waals surface area contributed by atoms with Gasteiger partial charge in [0.2, 0.25) is 5.91 Å². The van der Waals surface area contributed by atoms with Crippen LogP contribution in [0.25, 0.3) is 0 Å². The van der Waals surface area contributed by atoms with E-state index in [2.05, 4.69) is 51.1 Å². The maximum atomic E-state index is 12.9. The molecule has 2 fully saturated rings. The van der Waals surface area contributed by atoms with E-state index in [1.54, 1.807) is 0 Å². The van der Waals surface area contributed by atoms with Gasteiger partial charge in [-0.1, -0.05) is 37.1 Å². The van der Waals surface area contributed by atoms with Crippen molar-refractivity contribution >= 4 is 28.9 Å². The minimum absolute atomic E-state index is 0.0106. The highest BCUT2D eigenvalue weighted by Gasteiger charge is 2.41. The van der Waals surface area contributed by atoms with Crippen LogP contribution >= 0.6 is 12.2 Å². The summed E-state index contributed by atoms with van der Waals surface area (Å²) < 4.78 is 2.53. The Morgan fingerprint density at radius 2 is 1.86 bits per heavy atom. The fourth-order valence-electron chi connectivity index (χ4n) is 5.96. The second kappa shape index (κ2) is 10.4. The first kappa shape index (κ1) is 24.5. The van der Waals surface area contributed by atoms with Crippen molar-refractivity contribution in [3.63, 3.8) is 0 Å². The van der Waals surface area contributed by atoms with Crippen molar-refractivity contribution in [3.8, 4) is 0 Å². The summed E-state index contributed by atoms with van der Waals surface area (Å²) in [6.45, 7) is 6.99. The summed E-state index contributed by atoms with van der Waals surface area (Å²) in [6.07, 6.45) is 7.25. The van der Waals surface area contributed by atoms with Crippen LogP contribution in [-0.2, 0) is 4.79 Å². The van der Waals surface area contributed by atoms with Crippen LogP contribution in [0.2, 0.25) is 0 Å². The number of aromatic nitrogens is 2. The lowest BCUT2D eigenvalue weighted by molar-refractivity contribution is -0.116. The molecule has 0 radical (unpaired) electrons. The number of nitrogens with zero attached hydrogens (tertiary/aromatic N) is 3.